The van der Waals surface area contributed by atoms with Crippen molar-refractivity contribution in [2.75, 3.05) is 0 Å². The minimum atomic E-state index is -0.981. The number of nitrogens with zero attached hydrogens (tertiary/aromatic N) is 3. The van der Waals surface area contributed by atoms with Crippen LogP contribution >= 0.6 is 11.8 Å². The molecule has 0 unspecified atom stereocenters. The Labute approximate surface area is 138 Å². The fourth-order valence-electron chi connectivity index (χ4n) is 2.38. The number of hydrogen-bond donors (Lipinski definition) is 1. The van der Waals surface area contributed by atoms with Gasteiger partial charge in [-0.1, -0.05) is 42.1 Å². The van der Waals surface area contributed by atoms with E-state index >= 15 is 0 Å². The number of carboxylic acid groups (broad SMARTS) is 1. The molecule has 6 heteroatoms. The van der Waals surface area contributed by atoms with Gasteiger partial charge in [0, 0.05) is 5.39 Å². The lowest BCUT2D eigenvalue weighted by Crippen LogP contribution is -2.27. The van der Waals surface area contributed by atoms with Gasteiger partial charge in [-0.05, 0) is 37.8 Å². The first kappa shape index (κ1) is 15.6. The average Bonchev–Trinajstić information content (AvgIpc) is 2.95. The van der Waals surface area contributed by atoms with Crippen LogP contribution in [0.3, 0.4) is 0 Å². The molecule has 0 saturated heterocycles. The van der Waals surface area contributed by atoms with Crippen molar-refractivity contribution in [1.29, 1.82) is 0 Å². The van der Waals surface area contributed by atoms with Crippen molar-refractivity contribution in [3.05, 3.63) is 48.3 Å². The monoisotopic (exact) mass is 327 g/mol. The standard InChI is InChI=1S/C17H17N3O2S/c1-11-8-9-14(13-7-5-4-6-12(11)13)20-10-18-19-16(20)23-17(2,3)15(21)22/h4-10H,1-3H3,(H,21,22). The highest BCUT2D eigenvalue weighted by atomic mass is 32.2. The van der Waals surface area contributed by atoms with Gasteiger partial charge in [-0.3, -0.25) is 9.36 Å². The molecule has 118 valence electrons. The van der Waals surface area contributed by atoms with Crippen molar-refractivity contribution in [3.8, 4) is 5.69 Å². The van der Waals surface area contributed by atoms with E-state index in [2.05, 4.69) is 35.3 Å². The van der Waals surface area contributed by atoms with Gasteiger partial charge in [-0.25, -0.2) is 0 Å². The third-order valence-corrected chi connectivity index (χ3v) is 4.90. The van der Waals surface area contributed by atoms with Crippen LogP contribution in [-0.2, 0) is 4.79 Å². The van der Waals surface area contributed by atoms with E-state index in [9.17, 15) is 9.90 Å². The highest BCUT2D eigenvalue weighted by Crippen LogP contribution is 2.34. The third kappa shape index (κ3) is 2.82. The fourth-order valence-corrected chi connectivity index (χ4v) is 3.25. The molecule has 3 rings (SSSR count). The predicted octanol–water partition coefficient (Wildman–Crippen LogP) is 3.68. The molecule has 0 aliphatic carbocycles. The van der Waals surface area contributed by atoms with Crippen molar-refractivity contribution >= 4 is 28.5 Å². The highest BCUT2D eigenvalue weighted by molar-refractivity contribution is 8.01. The Kier molecular flexibility index (Phi) is 3.85. The Balaban J connectivity index is 2.13. The van der Waals surface area contributed by atoms with E-state index in [0.717, 1.165) is 16.5 Å². The van der Waals surface area contributed by atoms with Crippen LogP contribution < -0.4 is 0 Å². The lowest BCUT2D eigenvalue weighted by molar-refractivity contribution is -0.138. The average molecular weight is 327 g/mol. The molecule has 23 heavy (non-hydrogen) atoms. The molecule has 3 aromatic rings. The zero-order valence-electron chi connectivity index (χ0n) is 13.1. The summed E-state index contributed by atoms with van der Waals surface area (Å²) in [6.45, 7) is 5.39. The van der Waals surface area contributed by atoms with Crippen molar-refractivity contribution in [1.82, 2.24) is 14.8 Å². The normalized spacial score (nSPS) is 11.8. The molecule has 1 aromatic heterocycles. The van der Waals surface area contributed by atoms with Crippen LogP contribution in [0, 0.1) is 6.92 Å². The smallest absolute Gasteiger partial charge is 0.319 e. The Morgan fingerprint density at radius 3 is 2.57 bits per heavy atom. The maximum atomic E-state index is 11.4. The number of carbonyl (C=O) groups is 1. The van der Waals surface area contributed by atoms with Gasteiger partial charge in [0.2, 0.25) is 0 Å². The Morgan fingerprint density at radius 2 is 1.87 bits per heavy atom. The summed E-state index contributed by atoms with van der Waals surface area (Å²) in [7, 11) is 0. The summed E-state index contributed by atoms with van der Waals surface area (Å²) >= 11 is 1.18. The lowest BCUT2D eigenvalue weighted by atomic mass is 10.0. The topological polar surface area (TPSA) is 68.0 Å². The van der Waals surface area contributed by atoms with Crippen molar-refractivity contribution in [2.24, 2.45) is 0 Å². The number of fused-ring (bicyclic) bond motifs is 1. The maximum absolute atomic E-state index is 11.4. The van der Waals surface area contributed by atoms with Gasteiger partial charge in [0.05, 0.1) is 5.69 Å². The van der Waals surface area contributed by atoms with E-state index in [-0.39, 0.29) is 0 Å². The molecule has 0 spiro atoms. The minimum Gasteiger partial charge on any atom is -0.480 e. The van der Waals surface area contributed by atoms with Gasteiger partial charge in [0.1, 0.15) is 11.1 Å². The molecule has 0 amide bonds. The van der Waals surface area contributed by atoms with E-state index in [4.69, 9.17) is 0 Å². The second-order valence-electron chi connectivity index (χ2n) is 5.85. The Morgan fingerprint density at radius 1 is 1.17 bits per heavy atom. The van der Waals surface area contributed by atoms with Crippen LogP contribution in [0.5, 0.6) is 0 Å². The molecule has 0 fully saturated rings. The predicted molar refractivity (Wildman–Crippen MR) is 91.2 cm³/mol. The molecule has 1 N–H and O–H groups in total. The second-order valence-corrected chi connectivity index (χ2v) is 7.44. The third-order valence-electron chi connectivity index (χ3n) is 3.76. The number of hydrogen-bond acceptors (Lipinski definition) is 4. The van der Waals surface area contributed by atoms with Gasteiger partial charge >= 0.3 is 5.97 Å². The Hall–Kier alpha value is -2.34. The summed E-state index contributed by atoms with van der Waals surface area (Å²) < 4.78 is 0.864. The van der Waals surface area contributed by atoms with Gasteiger partial charge in [0.25, 0.3) is 0 Å². The van der Waals surface area contributed by atoms with Crippen molar-refractivity contribution in [3.63, 3.8) is 0 Å². The van der Waals surface area contributed by atoms with E-state index in [0.29, 0.717) is 5.16 Å². The summed E-state index contributed by atoms with van der Waals surface area (Å²) in [6.07, 6.45) is 1.62. The zero-order chi connectivity index (χ0) is 16.6. The number of benzene rings is 2. The molecule has 2 aromatic carbocycles. The van der Waals surface area contributed by atoms with Gasteiger partial charge in [-0.2, -0.15) is 0 Å². The van der Waals surface area contributed by atoms with Gasteiger partial charge in [0.15, 0.2) is 5.16 Å². The first-order chi connectivity index (χ1) is 10.9. The first-order valence-electron chi connectivity index (χ1n) is 7.21. The van der Waals surface area contributed by atoms with Gasteiger partial charge in [-0.15, -0.1) is 10.2 Å². The van der Waals surface area contributed by atoms with Crippen LogP contribution in [0.1, 0.15) is 19.4 Å². The van der Waals surface area contributed by atoms with E-state index in [1.807, 2.05) is 22.8 Å². The molecular weight excluding hydrogens is 310 g/mol. The van der Waals surface area contributed by atoms with Crippen LogP contribution in [-0.4, -0.2) is 30.6 Å². The maximum Gasteiger partial charge on any atom is 0.319 e. The quantitative estimate of drug-likeness (QED) is 0.740. The number of rotatable bonds is 4. The van der Waals surface area contributed by atoms with E-state index in [1.54, 1.807) is 20.2 Å². The number of thioether (sulfide) groups is 1. The molecule has 0 saturated carbocycles. The number of aryl methyl sites for hydroxylation is 1. The number of aromatic nitrogens is 3. The van der Waals surface area contributed by atoms with E-state index < -0.39 is 10.7 Å². The molecule has 0 aliphatic heterocycles. The van der Waals surface area contributed by atoms with Gasteiger partial charge < -0.3 is 5.11 Å². The lowest BCUT2D eigenvalue weighted by Gasteiger charge is -2.18. The molecule has 0 atom stereocenters. The Bertz CT molecular complexity index is 886. The zero-order valence-corrected chi connectivity index (χ0v) is 14.0. The van der Waals surface area contributed by atoms with Crippen LogP contribution in [0.25, 0.3) is 16.5 Å². The van der Waals surface area contributed by atoms with Crippen LogP contribution in [0.4, 0.5) is 0 Å². The number of carboxylic acids is 1. The van der Waals surface area contributed by atoms with E-state index in [1.165, 1.54) is 17.3 Å². The first-order valence-corrected chi connectivity index (χ1v) is 8.03. The molecule has 0 radical (unpaired) electrons. The summed E-state index contributed by atoms with van der Waals surface area (Å²) in [6, 6.07) is 12.2. The minimum absolute atomic E-state index is 0.561. The molecule has 5 nitrogen and oxygen atoms in total. The number of aliphatic carboxylic acids is 1. The van der Waals surface area contributed by atoms with Crippen LogP contribution in [0.15, 0.2) is 47.9 Å². The van der Waals surface area contributed by atoms with Crippen molar-refractivity contribution < 1.29 is 9.90 Å². The van der Waals surface area contributed by atoms with Crippen molar-refractivity contribution in [2.45, 2.75) is 30.7 Å². The largest absolute Gasteiger partial charge is 0.480 e. The molecule has 0 bridgehead atoms. The highest BCUT2D eigenvalue weighted by Gasteiger charge is 2.31. The summed E-state index contributed by atoms with van der Waals surface area (Å²) in [5, 5.41) is 20.2. The summed E-state index contributed by atoms with van der Waals surface area (Å²) in [5.74, 6) is -0.884. The van der Waals surface area contributed by atoms with Crippen LogP contribution in [0.2, 0.25) is 0 Å². The molecule has 1 heterocycles. The molecular formula is C17H17N3O2S. The molecule has 0 aliphatic rings. The fraction of sp³-hybridized carbons (Fsp3) is 0.235. The second kappa shape index (κ2) is 5.70. The SMILES string of the molecule is Cc1ccc(-n2cnnc2SC(C)(C)C(=O)O)c2ccccc12. The summed E-state index contributed by atoms with van der Waals surface area (Å²) in [5.41, 5.74) is 2.14. The summed E-state index contributed by atoms with van der Waals surface area (Å²) in [4.78, 5) is 11.4.